The fourth-order valence-corrected chi connectivity index (χ4v) is 18.3. The van der Waals surface area contributed by atoms with E-state index in [1.54, 1.807) is 81.5 Å². The molecule has 764 valence electrons. The van der Waals surface area contributed by atoms with Crippen LogP contribution < -0.4 is 24.4 Å². The van der Waals surface area contributed by atoms with Crippen LogP contribution in [-0.2, 0) is 107 Å². The van der Waals surface area contributed by atoms with Gasteiger partial charge in [0.1, 0.15) is 45.9 Å². The summed E-state index contributed by atoms with van der Waals surface area (Å²) in [6, 6.07) is 38.0. The minimum atomic E-state index is -3.09. The number of ketones is 3. The maximum atomic E-state index is 14.5. The fraction of sp³-hybridized carbons (Fsp3) is 0.422. The lowest BCUT2D eigenvalue weighted by atomic mass is 9.82. The molecule has 0 bridgehead atoms. The summed E-state index contributed by atoms with van der Waals surface area (Å²) < 4.78 is 110. The summed E-state index contributed by atoms with van der Waals surface area (Å²) in [5.41, 5.74) is -6.75. The third-order valence-corrected chi connectivity index (χ3v) is 25.8. The molecule has 9 heterocycles. The number of hydrogen-bond acceptors (Lipinski definition) is 34. The molecule has 1 unspecified atom stereocenters. The number of cyclic esters (lactones) is 1. The number of carbonyl (C=O) groups is 15. The van der Waals surface area contributed by atoms with Gasteiger partial charge < -0.3 is 57.4 Å². The molecule has 2 aliphatic carbocycles. The van der Waals surface area contributed by atoms with Crippen LogP contribution in [0.3, 0.4) is 0 Å². The van der Waals surface area contributed by atoms with Gasteiger partial charge in [-0.15, -0.1) is 22.7 Å². The Morgan fingerprint density at radius 3 is 1.17 bits per heavy atom. The van der Waals surface area contributed by atoms with Gasteiger partial charge in [0, 0.05) is 104 Å². The Hall–Kier alpha value is -14.6. The van der Waals surface area contributed by atoms with Gasteiger partial charge >= 0.3 is 53.1 Å². The number of hydroxylamine groups is 3. The molecule has 8 aromatic rings. The number of benzene rings is 6. The second-order valence-electron chi connectivity index (χ2n) is 39.8. The number of Topliss-reactive ketones (excluding diaryl/α,β-unsaturated/α-hetero) is 3. The molecule has 2 saturated carbocycles. The van der Waals surface area contributed by atoms with Crippen LogP contribution in [0.25, 0.3) is 0 Å². The maximum absolute atomic E-state index is 14.5. The van der Waals surface area contributed by atoms with Crippen molar-refractivity contribution in [3.05, 3.63) is 222 Å². The predicted molar refractivity (Wildman–Crippen MR) is 500 cm³/mol. The standard InChI is InChI=1S/C51H50F2N4O14S.C30H25NO9.C21H27F2N3O6S/c1-28-54-34(27-72-28)39(55-71-48(44(63)69-46(2,3)4)18-20-49(52,53)21-19-48)36(58)22-29-26-65-57(40(29)59)50(45(64)70-47(5,6)7)25-35(43(62)68-50)56-41(60)32-23-37-38(24-33(32)42(56)61)67-51(66-37,30-14-10-8-11-15-30)31-16-12-9-13-17-31;1-29(2,3)40-28(37)22(32)16-21(27(35)36)31-25(33)19-14-23-24(15-20(19)26(31)34)39-30(38-23,17-10-6-4-7-11-17)18-12-8-5-9-13-18;1-12-24-14(11-33-12)16(15(27)9-13-10-30-26-17(13)28)25-32-20(18(29)31-19(2,3)4)5-7-21(22,23)8-6-20/h8-17,23-24,27,29,35H,18-22,25-26H2,1-7H3;4-15,21H,16H2,1-3H3,(H,35,36);11,13H,5-10H2,1-4H3,(H,26,28)/b55-39-;;25-16-/t29-,35-,50?;21-;13-/m000/s1. The highest BCUT2D eigenvalue weighted by atomic mass is 32.1. The summed E-state index contributed by atoms with van der Waals surface area (Å²) in [4.78, 5) is 232. The van der Waals surface area contributed by atoms with Gasteiger partial charge in [-0.3, -0.25) is 62.6 Å². The van der Waals surface area contributed by atoms with Crippen molar-refractivity contribution in [3.63, 3.8) is 0 Å². The van der Waals surface area contributed by atoms with Crippen LogP contribution in [0.2, 0.25) is 0 Å². The first kappa shape index (κ1) is 105. The number of nitrogens with one attached hydrogen (secondary N) is 1. The smallest absolute Gasteiger partial charge is 0.375 e. The highest BCUT2D eigenvalue weighted by Crippen LogP contribution is 2.54. The SMILES string of the molecule is CC(C)(C)OC(=O)C(=O)C[C@@H](C(=O)O)N1C(=O)c2cc3c(cc2C1=O)OC(c1ccccc1)(c1ccccc1)O3.Cc1nc(/C(=N/OC2(C(=O)OC(C)(C)C)CCC(F)(F)CC2)C(=O)C[C@H]2CON(C3(C(=O)OC(C)(C)C)C[C@H](N4C(=O)c5cc6c(cc5C4=O)OC(c4ccccc4)(c4ccccc4)O6)C(=O)O3)C2=O)cs1.Cc1nc(/C(=N/OC2(C(=O)OC(C)(C)C)CCC(F)(F)CC2)C(=O)C[C@H]2CONC2=O)cs1. The van der Waals surface area contributed by atoms with E-state index in [9.17, 15) is 94.6 Å². The number of aliphatic carboxylic acids is 1. The number of oxime groups is 2. The number of esters is 5. The molecular weight excluding hydrogens is 1940 g/mol. The number of carboxylic acids is 1. The monoisotopic (exact) mass is 2040 g/mol. The third kappa shape index (κ3) is 22.1. The molecular formula is C102H102F4N8O29S2. The van der Waals surface area contributed by atoms with Crippen molar-refractivity contribution in [2.45, 2.75) is 249 Å². The van der Waals surface area contributed by atoms with Crippen LogP contribution in [0, 0.1) is 25.7 Å². The van der Waals surface area contributed by atoms with E-state index in [4.69, 9.17) is 62.0 Å². The molecule has 3 saturated heterocycles. The lowest BCUT2D eigenvalue weighted by Gasteiger charge is -2.37. The number of hydrogen-bond donors (Lipinski definition) is 2. The number of halogens is 4. The number of rotatable bonds is 26. The van der Waals surface area contributed by atoms with E-state index >= 15 is 0 Å². The Labute approximate surface area is 834 Å². The molecule has 37 nitrogen and oxygen atoms in total. The third-order valence-electron chi connectivity index (χ3n) is 24.2. The van der Waals surface area contributed by atoms with E-state index in [2.05, 4.69) is 25.8 Å². The second kappa shape index (κ2) is 39.8. The van der Waals surface area contributed by atoms with Crippen LogP contribution in [0.1, 0.15) is 245 Å². The lowest BCUT2D eigenvalue weighted by molar-refractivity contribution is -0.263. The molecule has 5 fully saturated rings. The van der Waals surface area contributed by atoms with Crippen LogP contribution in [0.15, 0.2) is 167 Å². The Morgan fingerprint density at radius 2 is 0.834 bits per heavy atom. The molecule has 2 aromatic heterocycles. The number of imide groups is 2. The van der Waals surface area contributed by atoms with E-state index in [0.717, 1.165) is 11.3 Å². The van der Waals surface area contributed by atoms with E-state index in [1.807, 2.05) is 121 Å². The highest BCUT2D eigenvalue weighted by molar-refractivity contribution is 7.10. The van der Waals surface area contributed by atoms with Crippen molar-refractivity contribution in [3.8, 4) is 23.0 Å². The Morgan fingerprint density at radius 1 is 0.476 bits per heavy atom. The summed E-state index contributed by atoms with van der Waals surface area (Å²) in [5.74, 6) is -25.3. The number of aryl methyl sites for hydroxylation is 2. The number of fused-ring (bicyclic) bond motifs is 4. The molecule has 6 aromatic carbocycles. The number of thiazole rings is 2. The Bertz CT molecular complexity index is 6390. The minimum Gasteiger partial charge on any atom is -0.480 e. The minimum absolute atomic E-state index is 0.000000875. The molecule has 17 rings (SSSR count). The topological polar surface area (TPSA) is 469 Å². The van der Waals surface area contributed by atoms with Crippen LogP contribution in [0.4, 0.5) is 17.6 Å². The summed E-state index contributed by atoms with van der Waals surface area (Å²) in [7, 11) is 0. The van der Waals surface area contributed by atoms with Gasteiger partial charge in [0.15, 0.2) is 46.0 Å². The molecule has 2 N–H and O–H groups in total. The lowest BCUT2D eigenvalue weighted by Crippen LogP contribution is -2.57. The molecule has 6 amide bonds. The molecule has 0 spiro atoms. The van der Waals surface area contributed by atoms with Gasteiger partial charge in [-0.2, -0.15) is 5.06 Å². The number of nitrogens with zero attached hydrogens (tertiary/aromatic N) is 7. The average molecular weight is 2040 g/mol. The molecule has 9 aliphatic rings. The highest BCUT2D eigenvalue weighted by Gasteiger charge is 2.67. The summed E-state index contributed by atoms with van der Waals surface area (Å²) in [6.07, 6.45) is -6.89. The van der Waals surface area contributed by atoms with Gasteiger partial charge in [-0.05, 0) is 121 Å². The number of ether oxygens (including phenoxy) is 9. The quantitative estimate of drug-likeness (QED) is 0.00967. The van der Waals surface area contributed by atoms with Crippen molar-refractivity contribution in [1.29, 1.82) is 0 Å². The van der Waals surface area contributed by atoms with Gasteiger partial charge in [0.05, 0.1) is 63.7 Å². The summed E-state index contributed by atoms with van der Waals surface area (Å²) in [5, 5.41) is 22.6. The van der Waals surface area contributed by atoms with Crippen molar-refractivity contribution in [1.82, 2.24) is 30.3 Å². The predicted octanol–water partition coefficient (Wildman–Crippen LogP) is 13.9. The first-order valence-corrected chi connectivity index (χ1v) is 47.9. The molecule has 7 aliphatic heterocycles. The van der Waals surface area contributed by atoms with Crippen molar-refractivity contribution >= 4 is 123 Å². The fourth-order valence-electron chi connectivity index (χ4n) is 17.1. The summed E-state index contributed by atoms with van der Waals surface area (Å²) in [6.45, 7) is 21.8. The van der Waals surface area contributed by atoms with Gasteiger partial charge in [-0.1, -0.05) is 132 Å². The first-order chi connectivity index (χ1) is 68.1. The number of alkyl halides is 4. The zero-order valence-electron chi connectivity index (χ0n) is 81.1. The van der Waals surface area contributed by atoms with Crippen molar-refractivity contribution in [2.75, 3.05) is 13.2 Å². The van der Waals surface area contributed by atoms with Crippen LogP contribution in [-0.4, -0.2) is 206 Å². The number of amides is 6. The zero-order chi connectivity index (χ0) is 105. The first-order valence-electron chi connectivity index (χ1n) is 46.2. The van der Waals surface area contributed by atoms with Gasteiger partial charge in [-0.25, -0.2) is 61.8 Å². The van der Waals surface area contributed by atoms with Crippen LogP contribution >= 0.6 is 22.7 Å². The van der Waals surface area contributed by atoms with E-state index in [-0.39, 0.29) is 88.2 Å². The number of carbonyl (C=O) groups excluding carboxylic acids is 14. The Kier molecular flexibility index (Phi) is 28.8. The Balaban J connectivity index is 0.000000182. The molecule has 0 radical (unpaired) electrons. The number of aromatic nitrogens is 2. The number of carboxylic acid groups (broad SMARTS) is 1. The largest absolute Gasteiger partial charge is 0.480 e. The molecule has 43 heteroatoms. The maximum Gasteiger partial charge on any atom is 0.375 e. The molecule has 5 atom stereocenters. The van der Waals surface area contributed by atoms with Gasteiger partial charge in [0.2, 0.25) is 34.7 Å². The zero-order valence-corrected chi connectivity index (χ0v) is 82.7. The van der Waals surface area contributed by atoms with E-state index in [0.29, 0.717) is 47.1 Å². The average Bonchev–Trinajstić information content (AvgIpc) is 1.56. The normalized spacial score (nSPS) is 21.0. The van der Waals surface area contributed by atoms with Gasteiger partial charge in [0.25, 0.3) is 29.5 Å². The molecule has 145 heavy (non-hydrogen) atoms. The van der Waals surface area contributed by atoms with E-state index < -0.39 is 245 Å². The van der Waals surface area contributed by atoms with Crippen molar-refractivity contribution in [2.24, 2.45) is 22.1 Å². The van der Waals surface area contributed by atoms with Crippen LogP contribution in [0.5, 0.6) is 23.0 Å². The second-order valence-corrected chi connectivity index (χ2v) is 41.9. The van der Waals surface area contributed by atoms with Crippen molar-refractivity contribution < 1.29 is 157 Å². The summed E-state index contributed by atoms with van der Waals surface area (Å²) >= 11 is 2.42. The van der Waals surface area contributed by atoms with E-state index in [1.165, 1.54) is 61.8 Å².